The van der Waals surface area contributed by atoms with Crippen molar-refractivity contribution >= 4 is 51.9 Å². The van der Waals surface area contributed by atoms with Crippen LogP contribution in [0.25, 0.3) is 6.08 Å². The molecule has 0 unspecified atom stereocenters. The lowest BCUT2D eigenvalue weighted by molar-refractivity contribution is -0.122. The van der Waals surface area contributed by atoms with Gasteiger partial charge < -0.3 is 14.7 Å². The van der Waals surface area contributed by atoms with Gasteiger partial charge in [0.15, 0.2) is 16.7 Å². The van der Waals surface area contributed by atoms with Gasteiger partial charge in [0.2, 0.25) is 0 Å². The molecule has 0 radical (unpaired) electrons. The molecule has 0 saturated carbocycles. The molecule has 2 aliphatic rings. The maximum Gasteiger partial charge on any atom is 0.266 e. The number of methoxy groups -OCH3 is 1. The highest BCUT2D eigenvalue weighted by molar-refractivity contribution is 8.18. The number of amidine groups is 1. The number of ether oxygens (including phenoxy) is 1. The van der Waals surface area contributed by atoms with Crippen molar-refractivity contribution in [1.82, 2.24) is 4.90 Å². The molecule has 4 rings (SSSR count). The van der Waals surface area contributed by atoms with Gasteiger partial charge in [-0.15, -0.1) is 0 Å². The first kappa shape index (κ1) is 22.6. The second kappa shape index (κ2) is 9.88. The van der Waals surface area contributed by atoms with Crippen molar-refractivity contribution in [2.45, 2.75) is 26.2 Å². The Morgan fingerprint density at radius 3 is 2.56 bits per heavy atom. The van der Waals surface area contributed by atoms with E-state index >= 15 is 0 Å². The Morgan fingerprint density at radius 2 is 1.91 bits per heavy atom. The number of hydrogen-bond acceptors (Lipinski definition) is 6. The van der Waals surface area contributed by atoms with E-state index in [-0.39, 0.29) is 22.4 Å². The highest BCUT2D eigenvalue weighted by atomic mass is 35.5. The second-order valence-electron chi connectivity index (χ2n) is 7.67. The molecule has 2 saturated heterocycles. The first-order valence-corrected chi connectivity index (χ1v) is 11.9. The summed E-state index contributed by atoms with van der Waals surface area (Å²) in [7, 11) is 1.46. The van der Waals surface area contributed by atoms with Gasteiger partial charge in [0, 0.05) is 25.3 Å². The fraction of sp³-hybridized carbons (Fsp3) is 0.333. The van der Waals surface area contributed by atoms with E-state index in [0.717, 1.165) is 18.8 Å². The van der Waals surface area contributed by atoms with E-state index in [9.17, 15) is 9.90 Å². The molecule has 2 fully saturated rings. The summed E-state index contributed by atoms with van der Waals surface area (Å²) in [4.78, 5) is 22.3. The van der Waals surface area contributed by atoms with Gasteiger partial charge in [-0.25, -0.2) is 4.99 Å². The van der Waals surface area contributed by atoms with Crippen LogP contribution in [0.2, 0.25) is 5.02 Å². The lowest BCUT2D eigenvalue weighted by Crippen LogP contribution is -2.29. The van der Waals surface area contributed by atoms with Gasteiger partial charge in [0.1, 0.15) is 0 Å². The van der Waals surface area contributed by atoms with Gasteiger partial charge >= 0.3 is 0 Å². The molecule has 2 heterocycles. The fourth-order valence-corrected chi connectivity index (χ4v) is 5.14. The molecule has 2 aromatic rings. The van der Waals surface area contributed by atoms with Gasteiger partial charge in [-0.2, -0.15) is 0 Å². The Balaban J connectivity index is 1.57. The lowest BCUT2D eigenvalue weighted by Gasteiger charge is -2.28. The molecular weight excluding hydrogens is 446 g/mol. The maximum atomic E-state index is 12.9. The number of carbonyl (C=O) groups excluding carboxylic acids is 1. The summed E-state index contributed by atoms with van der Waals surface area (Å²) in [6.45, 7) is 4.65. The average molecular weight is 472 g/mol. The number of aliphatic imine (C=N–C) groups is 1. The van der Waals surface area contributed by atoms with Crippen LogP contribution in [0, 0.1) is 0 Å². The van der Waals surface area contributed by atoms with Gasteiger partial charge in [0.25, 0.3) is 5.91 Å². The number of aromatic hydroxyl groups is 1. The summed E-state index contributed by atoms with van der Waals surface area (Å²) < 4.78 is 5.16. The van der Waals surface area contributed by atoms with Crippen molar-refractivity contribution in [3.63, 3.8) is 0 Å². The molecule has 0 aliphatic carbocycles. The number of anilines is 1. The predicted octanol–water partition coefficient (Wildman–Crippen LogP) is 5.67. The first-order valence-electron chi connectivity index (χ1n) is 10.7. The lowest BCUT2D eigenvalue weighted by atomic mass is 10.1. The van der Waals surface area contributed by atoms with E-state index in [1.54, 1.807) is 23.1 Å². The zero-order valence-corrected chi connectivity index (χ0v) is 19.7. The molecule has 0 spiro atoms. The zero-order valence-electron chi connectivity index (χ0n) is 18.2. The number of hydrogen-bond donors (Lipinski definition) is 1. The van der Waals surface area contributed by atoms with Gasteiger partial charge in [-0.1, -0.05) is 11.6 Å². The van der Waals surface area contributed by atoms with E-state index in [0.29, 0.717) is 22.2 Å². The first-order chi connectivity index (χ1) is 15.5. The summed E-state index contributed by atoms with van der Waals surface area (Å²) >= 11 is 7.42. The SMILES string of the molecule is CCN1C(=O)/C(=C/c2cc(Cl)c(O)c(OC)c2)SC1=Nc1ccc(N2CCCCC2)cc1. The Labute approximate surface area is 197 Å². The molecule has 0 bridgehead atoms. The summed E-state index contributed by atoms with van der Waals surface area (Å²) in [5, 5.41) is 10.8. The minimum absolute atomic E-state index is 0.107. The van der Waals surface area contributed by atoms with Gasteiger partial charge in [-0.3, -0.25) is 9.69 Å². The monoisotopic (exact) mass is 471 g/mol. The van der Waals surface area contributed by atoms with Crippen LogP contribution in [-0.2, 0) is 4.79 Å². The van der Waals surface area contributed by atoms with Gasteiger partial charge in [0.05, 0.1) is 22.7 Å². The van der Waals surface area contributed by atoms with E-state index in [1.165, 1.54) is 43.8 Å². The Hall–Kier alpha value is -2.64. The van der Waals surface area contributed by atoms with Crippen LogP contribution in [0.15, 0.2) is 46.3 Å². The van der Waals surface area contributed by atoms with Crippen LogP contribution in [0.4, 0.5) is 11.4 Å². The number of thioether (sulfide) groups is 1. The molecule has 168 valence electrons. The molecule has 32 heavy (non-hydrogen) atoms. The summed E-state index contributed by atoms with van der Waals surface area (Å²) in [5.41, 5.74) is 2.70. The third-order valence-electron chi connectivity index (χ3n) is 5.57. The number of nitrogens with zero attached hydrogens (tertiary/aromatic N) is 3. The van der Waals surface area contributed by atoms with Crippen molar-refractivity contribution in [3.05, 3.63) is 51.9 Å². The van der Waals surface area contributed by atoms with Crippen LogP contribution >= 0.6 is 23.4 Å². The summed E-state index contributed by atoms with van der Waals surface area (Å²) in [5.74, 6) is 0.0336. The molecule has 2 aliphatic heterocycles. The minimum atomic E-state index is -0.118. The maximum absolute atomic E-state index is 12.9. The summed E-state index contributed by atoms with van der Waals surface area (Å²) in [6.07, 6.45) is 5.52. The Morgan fingerprint density at radius 1 is 1.19 bits per heavy atom. The van der Waals surface area contributed by atoms with Crippen molar-refractivity contribution in [3.8, 4) is 11.5 Å². The molecule has 2 aromatic carbocycles. The standard InChI is InChI=1S/C24H26ClN3O3S/c1-3-28-23(30)21(15-16-13-19(25)22(29)20(14-16)31-2)32-24(28)26-17-7-9-18(10-8-17)27-11-5-4-6-12-27/h7-10,13-15,29H,3-6,11-12H2,1-2H3/b21-15-,26-24?. The largest absolute Gasteiger partial charge is 0.503 e. The number of phenols is 1. The third-order valence-corrected chi connectivity index (χ3v) is 6.86. The van der Waals surface area contributed by atoms with E-state index < -0.39 is 0 Å². The molecule has 6 nitrogen and oxygen atoms in total. The Bertz CT molecular complexity index is 1060. The molecule has 1 amide bonds. The van der Waals surface area contributed by atoms with Crippen LogP contribution in [-0.4, -0.2) is 47.8 Å². The number of piperidine rings is 1. The zero-order chi connectivity index (χ0) is 22.7. The third kappa shape index (κ3) is 4.74. The van der Waals surface area contributed by atoms with Crippen LogP contribution in [0.1, 0.15) is 31.7 Å². The van der Waals surface area contributed by atoms with Crippen molar-refractivity contribution in [2.75, 3.05) is 31.6 Å². The van der Waals surface area contributed by atoms with E-state index in [4.69, 9.17) is 21.3 Å². The summed E-state index contributed by atoms with van der Waals surface area (Å²) in [6, 6.07) is 11.5. The van der Waals surface area contributed by atoms with E-state index in [1.807, 2.05) is 19.1 Å². The molecule has 1 N–H and O–H groups in total. The molecule has 0 aromatic heterocycles. The number of phenolic OH excluding ortho intramolecular Hbond substituents is 1. The van der Waals surface area contributed by atoms with Crippen molar-refractivity contribution < 1.29 is 14.6 Å². The average Bonchev–Trinajstić information content (AvgIpc) is 3.10. The number of rotatable bonds is 5. The quantitative estimate of drug-likeness (QED) is 0.569. The number of benzene rings is 2. The smallest absolute Gasteiger partial charge is 0.266 e. The minimum Gasteiger partial charge on any atom is -0.503 e. The topological polar surface area (TPSA) is 65.4 Å². The highest BCUT2D eigenvalue weighted by Crippen LogP contribution is 2.38. The molecule has 0 atom stereocenters. The number of carbonyl (C=O) groups is 1. The molecular formula is C24H26ClN3O3S. The Kier molecular flexibility index (Phi) is 6.96. The van der Waals surface area contributed by atoms with Crippen molar-refractivity contribution in [1.29, 1.82) is 0 Å². The number of amides is 1. The normalized spacial score (nSPS) is 19.3. The number of likely N-dealkylation sites (N-methyl/N-ethyl adjacent to an activating group) is 1. The highest BCUT2D eigenvalue weighted by Gasteiger charge is 2.32. The fourth-order valence-electron chi connectivity index (χ4n) is 3.85. The number of halogens is 1. The molecule has 8 heteroatoms. The van der Waals surface area contributed by atoms with Crippen LogP contribution in [0.5, 0.6) is 11.5 Å². The predicted molar refractivity (Wildman–Crippen MR) is 132 cm³/mol. The van der Waals surface area contributed by atoms with Crippen molar-refractivity contribution in [2.24, 2.45) is 4.99 Å². The van der Waals surface area contributed by atoms with Crippen LogP contribution < -0.4 is 9.64 Å². The van der Waals surface area contributed by atoms with E-state index in [2.05, 4.69) is 17.0 Å². The van der Waals surface area contributed by atoms with Gasteiger partial charge in [-0.05, 0) is 86.0 Å². The van der Waals surface area contributed by atoms with Crippen LogP contribution in [0.3, 0.4) is 0 Å². The second-order valence-corrected chi connectivity index (χ2v) is 9.09.